The maximum absolute atomic E-state index is 12.3. The van der Waals surface area contributed by atoms with Gasteiger partial charge in [0.25, 0.3) is 0 Å². The summed E-state index contributed by atoms with van der Waals surface area (Å²) in [5.41, 5.74) is 0. The van der Waals surface area contributed by atoms with Crippen LogP contribution in [0.25, 0.3) is 0 Å². The van der Waals surface area contributed by atoms with Crippen LogP contribution in [0, 0.1) is 5.92 Å². The van der Waals surface area contributed by atoms with E-state index in [4.69, 9.17) is 11.6 Å². The first kappa shape index (κ1) is 15.5. The fourth-order valence-corrected chi connectivity index (χ4v) is 5.20. The number of fused-ring (bicyclic) bond motifs is 1. The average molecular weight is 309 g/mol. The van der Waals surface area contributed by atoms with E-state index in [0.29, 0.717) is 30.8 Å². The molecule has 2 fully saturated rings. The Morgan fingerprint density at radius 2 is 2.00 bits per heavy atom. The lowest BCUT2D eigenvalue weighted by molar-refractivity contribution is 0.0671. The molecule has 0 saturated carbocycles. The van der Waals surface area contributed by atoms with Crippen LogP contribution in [0.4, 0.5) is 0 Å². The van der Waals surface area contributed by atoms with Crippen molar-refractivity contribution in [3.05, 3.63) is 0 Å². The molecule has 0 aromatic carbocycles. The molecule has 0 radical (unpaired) electrons. The lowest BCUT2D eigenvalue weighted by atomic mass is 9.85. The van der Waals surface area contributed by atoms with Gasteiger partial charge in [-0.15, -0.1) is 11.6 Å². The van der Waals surface area contributed by atoms with E-state index < -0.39 is 10.0 Å². The van der Waals surface area contributed by atoms with E-state index in [1.54, 1.807) is 4.31 Å². The third-order valence-electron chi connectivity index (χ3n) is 4.49. The van der Waals surface area contributed by atoms with Crippen molar-refractivity contribution in [1.82, 2.24) is 9.21 Å². The van der Waals surface area contributed by atoms with Gasteiger partial charge >= 0.3 is 0 Å². The molecule has 19 heavy (non-hydrogen) atoms. The molecule has 112 valence electrons. The number of hydrogen-bond donors (Lipinski definition) is 0. The van der Waals surface area contributed by atoms with Crippen molar-refractivity contribution in [2.45, 2.75) is 38.1 Å². The molecule has 0 aromatic heterocycles. The van der Waals surface area contributed by atoms with Gasteiger partial charge in [-0.2, -0.15) is 0 Å². The molecule has 2 unspecified atom stereocenters. The Hall–Kier alpha value is 0.160. The molecule has 6 heteroatoms. The maximum atomic E-state index is 12.3. The summed E-state index contributed by atoms with van der Waals surface area (Å²) in [6, 6.07) is 0.586. The average Bonchev–Trinajstić information content (AvgIpc) is 2.39. The molecule has 0 spiro atoms. The molecular formula is C13H25ClN2O2S. The number of alkyl halides is 1. The summed E-state index contributed by atoms with van der Waals surface area (Å²) in [6.07, 6.45) is 4.80. The number of halogens is 1. The highest BCUT2D eigenvalue weighted by atomic mass is 35.5. The molecule has 4 nitrogen and oxygen atoms in total. The zero-order valence-corrected chi connectivity index (χ0v) is 13.3. The first-order chi connectivity index (χ1) is 9.04. The summed E-state index contributed by atoms with van der Waals surface area (Å²) in [5.74, 6) is 1.33. The highest BCUT2D eigenvalue weighted by molar-refractivity contribution is 7.89. The third-order valence-corrected chi connectivity index (χ3v) is 6.68. The van der Waals surface area contributed by atoms with E-state index in [-0.39, 0.29) is 5.75 Å². The summed E-state index contributed by atoms with van der Waals surface area (Å²) >= 11 is 5.61. The second kappa shape index (κ2) is 6.74. The molecule has 2 aliphatic rings. The predicted octanol–water partition coefficient (Wildman–Crippen LogP) is 1.75. The van der Waals surface area contributed by atoms with Crippen molar-refractivity contribution >= 4 is 21.6 Å². The van der Waals surface area contributed by atoms with E-state index >= 15 is 0 Å². The van der Waals surface area contributed by atoms with Gasteiger partial charge in [0.15, 0.2) is 0 Å². The van der Waals surface area contributed by atoms with Gasteiger partial charge in [-0.05, 0) is 51.6 Å². The Morgan fingerprint density at radius 1 is 1.21 bits per heavy atom. The zero-order valence-electron chi connectivity index (χ0n) is 11.7. The molecule has 0 aromatic rings. The van der Waals surface area contributed by atoms with E-state index in [0.717, 1.165) is 25.9 Å². The molecule has 2 saturated heterocycles. The van der Waals surface area contributed by atoms with Crippen molar-refractivity contribution in [2.24, 2.45) is 5.92 Å². The Morgan fingerprint density at radius 3 is 2.74 bits per heavy atom. The summed E-state index contributed by atoms with van der Waals surface area (Å²) in [4.78, 5) is 2.41. The van der Waals surface area contributed by atoms with Crippen molar-refractivity contribution < 1.29 is 8.42 Å². The Balaban J connectivity index is 1.92. The highest BCUT2D eigenvalue weighted by Gasteiger charge is 2.37. The number of nitrogens with zero attached hydrogens (tertiary/aromatic N) is 2. The smallest absolute Gasteiger partial charge is 0.214 e. The van der Waals surface area contributed by atoms with Crippen molar-refractivity contribution in [1.29, 1.82) is 0 Å². The van der Waals surface area contributed by atoms with Crippen LogP contribution in [0.15, 0.2) is 0 Å². The fourth-order valence-electron chi connectivity index (χ4n) is 3.38. The third kappa shape index (κ3) is 3.84. The Kier molecular flexibility index (Phi) is 5.52. The van der Waals surface area contributed by atoms with Gasteiger partial charge in [-0.1, -0.05) is 0 Å². The first-order valence-electron chi connectivity index (χ1n) is 7.28. The second-order valence-electron chi connectivity index (χ2n) is 5.81. The number of hydrogen-bond acceptors (Lipinski definition) is 3. The van der Waals surface area contributed by atoms with Gasteiger partial charge in [-0.3, -0.25) is 0 Å². The van der Waals surface area contributed by atoms with Crippen LogP contribution in [-0.2, 0) is 10.0 Å². The molecule has 0 bridgehead atoms. The lowest BCUT2D eigenvalue weighted by Crippen LogP contribution is -2.54. The minimum atomic E-state index is -3.07. The normalized spacial score (nSPS) is 30.2. The van der Waals surface area contributed by atoms with Crippen molar-refractivity contribution in [3.8, 4) is 0 Å². The first-order valence-corrected chi connectivity index (χ1v) is 9.43. The topological polar surface area (TPSA) is 40.6 Å². The summed E-state index contributed by atoms with van der Waals surface area (Å²) in [5, 5.41) is 0. The standard InChI is InChI=1S/C13H25ClN2O2S/c1-15-8-4-5-12-11-16(9-6-13(12)15)19(17,18)10-3-2-7-14/h12-13H,2-11H2,1H3. The number of likely N-dealkylation sites (tertiary alicyclic amines) is 1. The summed E-state index contributed by atoms with van der Waals surface area (Å²) in [6.45, 7) is 2.57. The van der Waals surface area contributed by atoms with Gasteiger partial charge in [0.2, 0.25) is 10.0 Å². The number of unbranched alkanes of at least 4 members (excludes halogenated alkanes) is 1. The van der Waals surface area contributed by atoms with Crippen LogP contribution >= 0.6 is 11.6 Å². The molecule has 2 aliphatic heterocycles. The zero-order chi connectivity index (χ0) is 13.9. The quantitative estimate of drug-likeness (QED) is 0.574. The molecule has 2 heterocycles. The van der Waals surface area contributed by atoms with Crippen LogP contribution < -0.4 is 0 Å². The van der Waals surface area contributed by atoms with E-state index in [9.17, 15) is 8.42 Å². The van der Waals surface area contributed by atoms with Crippen LogP contribution in [-0.4, -0.2) is 62.0 Å². The predicted molar refractivity (Wildman–Crippen MR) is 79.1 cm³/mol. The van der Waals surface area contributed by atoms with Crippen LogP contribution in [0.5, 0.6) is 0 Å². The molecule has 2 rings (SSSR count). The SMILES string of the molecule is CN1CCCC2CN(S(=O)(=O)CCCCCl)CCC21. The molecule has 0 N–H and O–H groups in total. The van der Waals surface area contributed by atoms with Crippen LogP contribution in [0.3, 0.4) is 0 Å². The Labute approximate surface area is 122 Å². The van der Waals surface area contributed by atoms with Gasteiger partial charge in [-0.25, -0.2) is 12.7 Å². The monoisotopic (exact) mass is 308 g/mol. The summed E-state index contributed by atoms with van der Waals surface area (Å²) < 4.78 is 26.3. The van der Waals surface area contributed by atoms with Crippen molar-refractivity contribution in [3.63, 3.8) is 0 Å². The van der Waals surface area contributed by atoms with E-state index in [2.05, 4.69) is 11.9 Å². The van der Waals surface area contributed by atoms with Crippen molar-refractivity contribution in [2.75, 3.05) is 38.3 Å². The van der Waals surface area contributed by atoms with Crippen LogP contribution in [0.1, 0.15) is 32.1 Å². The fraction of sp³-hybridized carbons (Fsp3) is 1.00. The minimum Gasteiger partial charge on any atom is -0.303 e. The lowest BCUT2D eigenvalue weighted by Gasteiger charge is -2.45. The van der Waals surface area contributed by atoms with Gasteiger partial charge in [0, 0.05) is 25.0 Å². The van der Waals surface area contributed by atoms with Gasteiger partial charge < -0.3 is 4.90 Å². The van der Waals surface area contributed by atoms with Gasteiger partial charge in [0.05, 0.1) is 5.75 Å². The molecule has 0 amide bonds. The van der Waals surface area contributed by atoms with Gasteiger partial charge in [0.1, 0.15) is 0 Å². The number of piperidine rings is 2. The number of sulfonamides is 1. The maximum Gasteiger partial charge on any atom is 0.214 e. The summed E-state index contributed by atoms with van der Waals surface area (Å²) in [7, 11) is -0.899. The molecule has 2 atom stereocenters. The second-order valence-corrected chi connectivity index (χ2v) is 8.28. The highest BCUT2D eigenvalue weighted by Crippen LogP contribution is 2.30. The van der Waals surface area contributed by atoms with E-state index in [1.807, 2.05) is 0 Å². The molecule has 0 aliphatic carbocycles. The Bertz CT molecular complexity index is 388. The largest absolute Gasteiger partial charge is 0.303 e. The van der Waals surface area contributed by atoms with E-state index in [1.165, 1.54) is 12.8 Å². The number of rotatable bonds is 5. The van der Waals surface area contributed by atoms with Crippen LogP contribution in [0.2, 0.25) is 0 Å². The molecular weight excluding hydrogens is 284 g/mol. The minimum absolute atomic E-state index is 0.257.